The molecule has 0 bridgehead atoms. The van der Waals surface area contributed by atoms with Crippen LogP contribution in [-0.2, 0) is 0 Å². The van der Waals surface area contributed by atoms with E-state index < -0.39 is 5.82 Å². The van der Waals surface area contributed by atoms with Gasteiger partial charge in [0.1, 0.15) is 6.61 Å². The van der Waals surface area contributed by atoms with Crippen LogP contribution in [0.3, 0.4) is 0 Å². The fraction of sp³-hybridized carbons (Fsp3) is 0.222. The highest BCUT2D eigenvalue weighted by Crippen LogP contribution is 2.29. The van der Waals surface area contributed by atoms with Crippen LogP contribution in [-0.4, -0.2) is 19.1 Å². The number of rotatable bonds is 0. The Balaban J connectivity index is 2.58. The van der Waals surface area contributed by atoms with Gasteiger partial charge in [-0.3, -0.25) is 4.79 Å². The van der Waals surface area contributed by atoms with E-state index in [-0.39, 0.29) is 28.8 Å². The van der Waals surface area contributed by atoms with Crippen molar-refractivity contribution in [2.45, 2.75) is 0 Å². The normalized spacial score (nSPS) is 15.1. The molecule has 0 fully saturated rings. The van der Waals surface area contributed by atoms with E-state index in [0.29, 0.717) is 6.54 Å². The average Bonchev–Trinajstić information content (AvgIpc) is 2.35. The summed E-state index contributed by atoms with van der Waals surface area (Å²) in [6, 6.07) is 2.78. The molecule has 1 aliphatic heterocycles. The van der Waals surface area contributed by atoms with Gasteiger partial charge in [-0.15, -0.1) is 0 Å². The lowest BCUT2D eigenvalue weighted by atomic mass is 10.2. The van der Waals surface area contributed by atoms with Crippen LogP contribution in [0, 0.1) is 5.82 Å². The van der Waals surface area contributed by atoms with Gasteiger partial charge in [-0.2, -0.15) is 0 Å². The summed E-state index contributed by atoms with van der Waals surface area (Å²) < 4.78 is 18.5. The second kappa shape index (κ2) is 3.46. The van der Waals surface area contributed by atoms with Gasteiger partial charge >= 0.3 is 0 Å². The summed E-state index contributed by atoms with van der Waals surface area (Å²) in [5, 5.41) is 2.53. The van der Waals surface area contributed by atoms with Crippen LogP contribution in [0.4, 0.5) is 4.39 Å². The summed E-state index contributed by atoms with van der Waals surface area (Å²) in [4.78, 5) is 11.4. The number of amides is 1. The van der Waals surface area contributed by atoms with Crippen LogP contribution in [0.25, 0.3) is 0 Å². The Hall–Kier alpha value is -1.29. The maximum absolute atomic E-state index is 13.4. The first-order chi connectivity index (χ1) is 6.70. The number of hydrogen-bond acceptors (Lipinski definition) is 2. The van der Waals surface area contributed by atoms with Crippen LogP contribution in [0.2, 0.25) is 5.02 Å². The molecule has 1 aromatic carbocycles. The van der Waals surface area contributed by atoms with Crippen molar-refractivity contribution in [3.63, 3.8) is 0 Å². The van der Waals surface area contributed by atoms with Gasteiger partial charge in [0.25, 0.3) is 5.91 Å². The van der Waals surface area contributed by atoms with Gasteiger partial charge in [0.2, 0.25) is 0 Å². The number of ether oxygens (including phenoxy) is 1. The highest BCUT2D eigenvalue weighted by atomic mass is 35.5. The Bertz CT molecular complexity index is 395. The highest BCUT2D eigenvalue weighted by molar-refractivity contribution is 6.31. The van der Waals surface area contributed by atoms with Crippen molar-refractivity contribution in [1.82, 2.24) is 5.32 Å². The molecule has 1 heterocycles. The van der Waals surface area contributed by atoms with Gasteiger partial charge in [0.05, 0.1) is 17.1 Å². The number of nitrogens with one attached hydrogen (secondary N) is 1. The van der Waals surface area contributed by atoms with E-state index in [0.717, 1.165) is 0 Å². The van der Waals surface area contributed by atoms with Crippen molar-refractivity contribution in [2.75, 3.05) is 13.2 Å². The topological polar surface area (TPSA) is 38.3 Å². The summed E-state index contributed by atoms with van der Waals surface area (Å²) in [7, 11) is 0. The third-order valence-corrected chi connectivity index (χ3v) is 2.22. The summed E-state index contributed by atoms with van der Waals surface area (Å²) in [6.45, 7) is 0.612. The Morgan fingerprint density at radius 1 is 1.50 bits per heavy atom. The molecule has 0 radical (unpaired) electrons. The van der Waals surface area contributed by atoms with E-state index in [4.69, 9.17) is 16.3 Å². The molecule has 2 rings (SSSR count). The Morgan fingerprint density at radius 2 is 2.29 bits per heavy atom. The molecule has 1 aliphatic rings. The minimum atomic E-state index is -0.679. The quantitative estimate of drug-likeness (QED) is 0.714. The molecule has 5 heteroatoms. The van der Waals surface area contributed by atoms with E-state index in [1.54, 1.807) is 0 Å². The lowest BCUT2D eigenvalue weighted by Crippen LogP contribution is -2.24. The zero-order valence-electron chi connectivity index (χ0n) is 7.14. The molecule has 0 aliphatic carbocycles. The second-order valence-corrected chi connectivity index (χ2v) is 3.25. The van der Waals surface area contributed by atoms with Gasteiger partial charge < -0.3 is 10.1 Å². The third kappa shape index (κ3) is 1.42. The van der Waals surface area contributed by atoms with Gasteiger partial charge in [0.15, 0.2) is 11.6 Å². The number of fused-ring (bicyclic) bond motifs is 1. The number of benzene rings is 1. The fourth-order valence-electron chi connectivity index (χ4n) is 1.26. The molecule has 14 heavy (non-hydrogen) atoms. The molecule has 0 atom stereocenters. The van der Waals surface area contributed by atoms with E-state index in [9.17, 15) is 9.18 Å². The summed E-state index contributed by atoms with van der Waals surface area (Å²) in [5.74, 6) is -1.08. The fourth-order valence-corrected chi connectivity index (χ4v) is 1.41. The molecule has 0 unspecified atom stereocenters. The Labute approximate surface area is 84.8 Å². The number of halogens is 2. The number of carbonyl (C=O) groups is 1. The molecule has 3 nitrogen and oxygen atoms in total. The van der Waals surface area contributed by atoms with E-state index in [2.05, 4.69) is 5.32 Å². The zero-order valence-corrected chi connectivity index (χ0v) is 7.90. The largest absolute Gasteiger partial charge is 0.488 e. The minimum Gasteiger partial charge on any atom is -0.488 e. The number of hydrogen-bond donors (Lipinski definition) is 1. The van der Waals surface area contributed by atoms with Gasteiger partial charge in [-0.1, -0.05) is 11.6 Å². The summed E-state index contributed by atoms with van der Waals surface area (Å²) in [5.41, 5.74) is 0.185. The first kappa shape index (κ1) is 9.27. The Morgan fingerprint density at radius 3 is 3.07 bits per heavy atom. The van der Waals surface area contributed by atoms with Crippen LogP contribution < -0.4 is 10.1 Å². The zero-order chi connectivity index (χ0) is 10.1. The van der Waals surface area contributed by atoms with Crippen LogP contribution >= 0.6 is 11.6 Å². The first-order valence-electron chi connectivity index (χ1n) is 4.09. The molecule has 1 N–H and O–H groups in total. The Kier molecular flexibility index (Phi) is 2.29. The van der Waals surface area contributed by atoms with Gasteiger partial charge in [-0.25, -0.2) is 4.39 Å². The summed E-state index contributed by atoms with van der Waals surface area (Å²) in [6.07, 6.45) is 0. The van der Waals surface area contributed by atoms with E-state index >= 15 is 0 Å². The molecule has 0 saturated heterocycles. The van der Waals surface area contributed by atoms with Gasteiger partial charge in [-0.05, 0) is 12.1 Å². The van der Waals surface area contributed by atoms with Crippen molar-refractivity contribution < 1.29 is 13.9 Å². The second-order valence-electron chi connectivity index (χ2n) is 2.84. The highest BCUT2D eigenvalue weighted by Gasteiger charge is 2.21. The third-order valence-electron chi connectivity index (χ3n) is 1.93. The predicted molar refractivity (Wildman–Crippen MR) is 49.2 cm³/mol. The van der Waals surface area contributed by atoms with Crippen molar-refractivity contribution in [2.24, 2.45) is 0 Å². The van der Waals surface area contributed by atoms with Crippen molar-refractivity contribution in [3.8, 4) is 5.75 Å². The molecular weight excluding hydrogens is 209 g/mol. The predicted octanol–water partition coefficient (Wildman–Crippen LogP) is 1.60. The van der Waals surface area contributed by atoms with Crippen molar-refractivity contribution in [3.05, 3.63) is 28.5 Å². The molecule has 0 spiro atoms. The SMILES string of the molecule is O=C1NCCOc2c1ccc(Cl)c2F. The lowest BCUT2D eigenvalue weighted by molar-refractivity contribution is 0.0957. The standard InChI is InChI=1S/C9H7ClFNO2/c10-6-2-1-5-8(7(6)11)14-4-3-12-9(5)13/h1-2H,3-4H2,(H,12,13). The molecule has 1 aromatic rings. The number of carbonyl (C=O) groups excluding carboxylic acids is 1. The molecule has 0 aromatic heterocycles. The van der Waals surface area contributed by atoms with E-state index in [1.165, 1.54) is 12.1 Å². The average molecular weight is 216 g/mol. The lowest BCUT2D eigenvalue weighted by Gasteiger charge is -2.06. The maximum Gasteiger partial charge on any atom is 0.255 e. The first-order valence-corrected chi connectivity index (χ1v) is 4.47. The van der Waals surface area contributed by atoms with Gasteiger partial charge in [0, 0.05) is 0 Å². The smallest absolute Gasteiger partial charge is 0.255 e. The molecular formula is C9H7ClFNO2. The monoisotopic (exact) mass is 215 g/mol. The minimum absolute atomic E-state index is 0.0431. The maximum atomic E-state index is 13.4. The molecule has 74 valence electrons. The molecule has 0 saturated carbocycles. The van der Waals surface area contributed by atoms with Crippen LogP contribution in [0.1, 0.15) is 10.4 Å². The van der Waals surface area contributed by atoms with E-state index in [1.807, 2.05) is 0 Å². The van der Waals surface area contributed by atoms with Crippen LogP contribution in [0.15, 0.2) is 12.1 Å². The summed E-state index contributed by atoms with van der Waals surface area (Å²) >= 11 is 5.56. The molecule has 1 amide bonds. The van der Waals surface area contributed by atoms with Crippen molar-refractivity contribution >= 4 is 17.5 Å². The van der Waals surface area contributed by atoms with Crippen molar-refractivity contribution in [1.29, 1.82) is 0 Å². The van der Waals surface area contributed by atoms with Crippen LogP contribution in [0.5, 0.6) is 5.75 Å².